The van der Waals surface area contributed by atoms with Gasteiger partial charge in [0.15, 0.2) is 12.2 Å². The molecule has 1 atom stereocenters. The van der Waals surface area contributed by atoms with Crippen LogP contribution in [0.1, 0.15) is 13.3 Å². The van der Waals surface area contributed by atoms with Gasteiger partial charge < -0.3 is 14.5 Å². The number of nitrogens with zero attached hydrogens (tertiary/aromatic N) is 1. The number of ether oxygens (including phenoxy) is 1. The summed E-state index contributed by atoms with van der Waals surface area (Å²) < 4.78 is 10.4. The van der Waals surface area contributed by atoms with Crippen LogP contribution in [0, 0.1) is 0 Å². The van der Waals surface area contributed by atoms with Crippen LogP contribution in [0.4, 0.5) is 5.69 Å². The highest BCUT2D eigenvalue weighted by Gasteiger charge is 2.05. The second-order valence-electron chi connectivity index (χ2n) is 4.27. The van der Waals surface area contributed by atoms with Gasteiger partial charge in [-0.25, -0.2) is 4.98 Å². The largest absolute Gasteiger partial charge is 0.444 e. The van der Waals surface area contributed by atoms with Crippen molar-refractivity contribution in [3.63, 3.8) is 0 Å². The molecule has 4 heteroatoms. The van der Waals surface area contributed by atoms with E-state index in [1.165, 1.54) is 6.39 Å². The first-order chi connectivity index (χ1) is 8.79. The summed E-state index contributed by atoms with van der Waals surface area (Å²) in [6, 6.07) is 8.48. The lowest BCUT2D eigenvalue weighted by Crippen LogP contribution is -2.17. The molecule has 1 aromatic carbocycles. The molecule has 4 nitrogen and oxygen atoms in total. The number of oxazole rings is 1. The molecular weight excluding hydrogens is 228 g/mol. The van der Waals surface area contributed by atoms with E-state index in [4.69, 9.17) is 9.15 Å². The monoisotopic (exact) mass is 246 g/mol. The van der Waals surface area contributed by atoms with Crippen LogP contribution < -0.4 is 5.32 Å². The van der Waals surface area contributed by atoms with Crippen LogP contribution in [0.3, 0.4) is 0 Å². The number of aromatic nitrogens is 1. The number of rotatable bonds is 6. The summed E-state index contributed by atoms with van der Waals surface area (Å²) in [5.74, 6) is 0.781. The van der Waals surface area contributed by atoms with Gasteiger partial charge in [0.25, 0.3) is 0 Å². The Morgan fingerprint density at radius 1 is 1.44 bits per heavy atom. The molecule has 0 radical (unpaired) electrons. The predicted octanol–water partition coefficient (Wildman–Crippen LogP) is 3.18. The molecule has 2 aromatic rings. The van der Waals surface area contributed by atoms with E-state index in [1.54, 1.807) is 13.3 Å². The molecule has 0 aliphatic carbocycles. The van der Waals surface area contributed by atoms with E-state index >= 15 is 0 Å². The van der Waals surface area contributed by atoms with Crippen LogP contribution in [0.5, 0.6) is 0 Å². The standard InChI is InChI=1S/C14H18N2O2/c1-11(6-7-17-2)16-13-5-3-4-12(8-13)14-9-15-10-18-14/h3-5,8-11,16H,6-7H2,1-2H3. The fourth-order valence-electron chi connectivity index (χ4n) is 1.77. The van der Waals surface area contributed by atoms with Gasteiger partial charge in [-0.15, -0.1) is 0 Å². The van der Waals surface area contributed by atoms with Crippen molar-refractivity contribution in [1.82, 2.24) is 4.98 Å². The normalized spacial score (nSPS) is 12.3. The van der Waals surface area contributed by atoms with Gasteiger partial charge in [-0.3, -0.25) is 0 Å². The fourth-order valence-corrected chi connectivity index (χ4v) is 1.77. The molecule has 0 aliphatic heterocycles. The number of nitrogens with one attached hydrogen (secondary N) is 1. The summed E-state index contributed by atoms with van der Waals surface area (Å²) >= 11 is 0. The molecule has 0 aliphatic rings. The summed E-state index contributed by atoms with van der Waals surface area (Å²) in [6.07, 6.45) is 4.13. The van der Waals surface area contributed by atoms with E-state index in [1.807, 2.05) is 18.2 Å². The van der Waals surface area contributed by atoms with Gasteiger partial charge >= 0.3 is 0 Å². The second kappa shape index (κ2) is 6.21. The average Bonchev–Trinajstić information content (AvgIpc) is 2.90. The maximum absolute atomic E-state index is 5.29. The minimum atomic E-state index is 0.370. The Hall–Kier alpha value is -1.81. The van der Waals surface area contributed by atoms with Crippen molar-refractivity contribution in [2.45, 2.75) is 19.4 Å². The molecule has 1 aromatic heterocycles. The average molecular weight is 246 g/mol. The summed E-state index contributed by atoms with van der Waals surface area (Å²) in [7, 11) is 1.72. The van der Waals surface area contributed by atoms with Gasteiger partial charge in [-0.05, 0) is 25.5 Å². The number of anilines is 1. The topological polar surface area (TPSA) is 47.3 Å². The van der Waals surface area contributed by atoms with Crippen molar-refractivity contribution >= 4 is 5.69 Å². The summed E-state index contributed by atoms with van der Waals surface area (Å²) in [4.78, 5) is 3.93. The molecule has 0 fully saturated rings. The van der Waals surface area contributed by atoms with Crippen LogP contribution in [-0.4, -0.2) is 24.7 Å². The van der Waals surface area contributed by atoms with Gasteiger partial charge in [-0.2, -0.15) is 0 Å². The summed E-state index contributed by atoms with van der Waals surface area (Å²) in [5, 5.41) is 3.44. The Balaban J connectivity index is 2.03. The van der Waals surface area contributed by atoms with Crippen molar-refractivity contribution in [1.29, 1.82) is 0 Å². The van der Waals surface area contributed by atoms with Crippen LogP contribution in [0.2, 0.25) is 0 Å². The van der Waals surface area contributed by atoms with Crippen LogP contribution in [-0.2, 0) is 4.74 Å². The fraction of sp³-hybridized carbons (Fsp3) is 0.357. The quantitative estimate of drug-likeness (QED) is 0.850. The highest BCUT2D eigenvalue weighted by Crippen LogP contribution is 2.22. The van der Waals surface area contributed by atoms with Crippen LogP contribution >= 0.6 is 0 Å². The maximum atomic E-state index is 5.29. The summed E-state index contributed by atoms with van der Waals surface area (Å²) in [6.45, 7) is 2.90. The van der Waals surface area contributed by atoms with Gasteiger partial charge in [0.1, 0.15) is 0 Å². The van der Waals surface area contributed by atoms with Crippen LogP contribution in [0.25, 0.3) is 11.3 Å². The molecule has 0 saturated carbocycles. The third-order valence-electron chi connectivity index (χ3n) is 2.75. The zero-order valence-corrected chi connectivity index (χ0v) is 10.7. The number of hydrogen-bond donors (Lipinski definition) is 1. The first-order valence-corrected chi connectivity index (χ1v) is 6.04. The lowest BCUT2D eigenvalue weighted by molar-refractivity contribution is 0.191. The first kappa shape index (κ1) is 12.6. The molecule has 1 N–H and O–H groups in total. The van der Waals surface area contributed by atoms with E-state index in [9.17, 15) is 0 Å². The van der Waals surface area contributed by atoms with Gasteiger partial charge in [0.2, 0.25) is 0 Å². The van der Waals surface area contributed by atoms with Crippen molar-refractivity contribution in [2.75, 3.05) is 19.0 Å². The van der Waals surface area contributed by atoms with Crippen molar-refractivity contribution < 1.29 is 9.15 Å². The third kappa shape index (κ3) is 3.34. The number of benzene rings is 1. The van der Waals surface area contributed by atoms with Gasteiger partial charge in [-0.1, -0.05) is 12.1 Å². The Bertz CT molecular complexity index is 468. The molecular formula is C14H18N2O2. The zero-order valence-electron chi connectivity index (χ0n) is 10.7. The minimum Gasteiger partial charge on any atom is -0.444 e. The van der Waals surface area contributed by atoms with E-state index in [2.05, 4.69) is 23.3 Å². The van der Waals surface area contributed by atoms with E-state index in [0.29, 0.717) is 6.04 Å². The first-order valence-electron chi connectivity index (χ1n) is 6.04. The molecule has 0 bridgehead atoms. The minimum absolute atomic E-state index is 0.370. The zero-order chi connectivity index (χ0) is 12.8. The Kier molecular flexibility index (Phi) is 4.36. The molecule has 2 rings (SSSR count). The molecule has 1 heterocycles. The summed E-state index contributed by atoms with van der Waals surface area (Å²) in [5.41, 5.74) is 2.10. The Labute approximate surface area is 107 Å². The molecule has 0 spiro atoms. The number of hydrogen-bond acceptors (Lipinski definition) is 4. The lowest BCUT2D eigenvalue weighted by Gasteiger charge is -2.15. The highest BCUT2D eigenvalue weighted by atomic mass is 16.5. The lowest BCUT2D eigenvalue weighted by atomic mass is 10.1. The third-order valence-corrected chi connectivity index (χ3v) is 2.75. The van der Waals surface area contributed by atoms with Crippen molar-refractivity contribution in [2.24, 2.45) is 0 Å². The number of methoxy groups -OCH3 is 1. The molecule has 96 valence electrons. The van der Waals surface area contributed by atoms with E-state index in [-0.39, 0.29) is 0 Å². The Morgan fingerprint density at radius 3 is 3.06 bits per heavy atom. The van der Waals surface area contributed by atoms with Crippen molar-refractivity contribution in [3.05, 3.63) is 36.9 Å². The predicted molar refractivity (Wildman–Crippen MR) is 71.5 cm³/mol. The molecule has 0 saturated heterocycles. The maximum Gasteiger partial charge on any atom is 0.181 e. The molecule has 1 unspecified atom stereocenters. The SMILES string of the molecule is COCCC(C)Nc1cccc(-c2cnco2)c1. The smallest absolute Gasteiger partial charge is 0.181 e. The van der Waals surface area contributed by atoms with Gasteiger partial charge in [0.05, 0.1) is 6.20 Å². The second-order valence-corrected chi connectivity index (χ2v) is 4.27. The highest BCUT2D eigenvalue weighted by molar-refractivity contribution is 5.63. The van der Waals surface area contributed by atoms with E-state index < -0.39 is 0 Å². The van der Waals surface area contributed by atoms with Crippen LogP contribution in [0.15, 0.2) is 41.3 Å². The Morgan fingerprint density at radius 2 is 2.33 bits per heavy atom. The molecule has 0 amide bonds. The van der Waals surface area contributed by atoms with Gasteiger partial charge in [0, 0.05) is 31.0 Å². The molecule has 18 heavy (non-hydrogen) atoms. The van der Waals surface area contributed by atoms with E-state index in [0.717, 1.165) is 30.0 Å². The van der Waals surface area contributed by atoms with Crippen molar-refractivity contribution in [3.8, 4) is 11.3 Å².